The molecule has 0 unspecified atom stereocenters. The third-order valence-electron chi connectivity index (χ3n) is 5.81. The Morgan fingerprint density at radius 1 is 1.16 bits per heavy atom. The van der Waals surface area contributed by atoms with E-state index in [1.807, 2.05) is 82.0 Å². The first-order chi connectivity index (χ1) is 15.2. The zero-order valence-corrected chi connectivity index (χ0v) is 19.9. The van der Waals surface area contributed by atoms with Crippen LogP contribution in [-0.4, -0.2) is 40.1 Å². The quantitative estimate of drug-likeness (QED) is 0.576. The van der Waals surface area contributed by atoms with E-state index in [1.165, 1.54) is 0 Å². The lowest BCUT2D eigenvalue weighted by atomic mass is 9.95. The molecule has 0 saturated carbocycles. The molecule has 6 heteroatoms. The zero-order valence-electron chi connectivity index (χ0n) is 19.9. The van der Waals surface area contributed by atoms with Crippen LogP contribution in [0, 0.1) is 0 Å². The maximum Gasteiger partial charge on any atom is 0.416 e. The maximum atomic E-state index is 13.1. The number of benzene rings is 1. The van der Waals surface area contributed by atoms with Gasteiger partial charge in [0.1, 0.15) is 11.4 Å². The van der Waals surface area contributed by atoms with Gasteiger partial charge in [-0.25, -0.2) is 9.78 Å². The van der Waals surface area contributed by atoms with Gasteiger partial charge >= 0.3 is 6.09 Å². The summed E-state index contributed by atoms with van der Waals surface area (Å²) in [5.74, 6) is 0.614. The van der Waals surface area contributed by atoms with Crippen LogP contribution >= 0.6 is 0 Å². The highest BCUT2D eigenvalue weighted by atomic mass is 16.6. The van der Waals surface area contributed by atoms with E-state index in [1.54, 1.807) is 11.1 Å². The summed E-state index contributed by atoms with van der Waals surface area (Å²) >= 11 is 0. The van der Waals surface area contributed by atoms with E-state index in [2.05, 4.69) is 4.98 Å². The molecule has 1 fully saturated rings. The first kappa shape index (κ1) is 23.8. The van der Waals surface area contributed by atoms with Crippen LogP contribution in [0.1, 0.15) is 82.3 Å². The number of piperidine rings is 1. The van der Waals surface area contributed by atoms with E-state index >= 15 is 0 Å². The van der Waals surface area contributed by atoms with Gasteiger partial charge in [0.15, 0.2) is 0 Å². The van der Waals surface area contributed by atoms with Gasteiger partial charge in [0.25, 0.3) is 5.91 Å². The summed E-state index contributed by atoms with van der Waals surface area (Å²) in [6, 6.07) is 13.2. The Kier molecular flexibility index (Phi) is 7.54. The summed E-state index contributed by atoms with van der Waals surface area (Å²) in [6.07, 6.45) is 5.16. The molecule has 1 saturated heterocycles. The molecule has 32 heavy (non-hydrogen) atoms. The summed E-state index contributed by atoms with van der Waals surface area (Å²) in [5, 5.41) is 0. The van der Waals surface area contributed by atoms with Crippen molar-refractivity contribution in [3.05, 3.63) is 59.8 Å². The van der Waals surface area contributed by atoms with Crippen molar-refractivity contribution in [3.63, 3.8) is 0 Å². The molecule has 0 bridgehead atoms. The number of anilines is 1. The number of likely N-dealkylation sites (tertiary alicyclic amines) is 1. The molecule has 0 radical (unpaired) electrons. The van der Waals surface area contributed by atoms with Crippen molar-refractivity contribution in [1.82, 2.24) is 9.88 Å². The minimum Gasteiger partial charge on any atom is -0.443 e. The van der Waals surface area contributed by atoms with Crippen LogP contribution in [0.25, 0.3) is 0 Å². The van der Waals surface area contributed by atoms with Crippen molar-refractivity contribution in [1.29, 1.82) is 0 Å². The van der Waals surface area contributed by atoms with Crippen molar-refractivity contribution in [2.75, 3.05) is 11.4 Å². The van der Waals surface area contributed by atoms with Crippen molar-refractivity contribution < 1.29 is 14.3 Å². The van der Waals surface area contributed by atoms with Crippen molar-refractivity contribution in [2.24, 2.45) is 0 Å². The first-order valence-corrected chi connectivity index (χ1v) is 11.6. The molecule has 2 heterocycles. The first-order valence-electron chi connectivity index (χ1n) is 11.6. The number of carbonyl (C=O) groups excluding carboxylic acids is 2. The van der Waals surface area contributed by atoms with E-state index in [9.17, 15) is 9.59 Å². The molecular weight excluding hydrogens is 402 g/mol. The molecule has 2 atom stereocenters. The van der Waals surface area contributed by atoms with Crippen LogP contribution in [0.4, 0.5) is 10.6 Å². The van der Waals surface area contributed by atoms with E-state index < -0.39 is 11.7 Å². The number of hydrogen-bond acceptors (Lipinski definition) is 4. The minimum absolute atomic E-state index is 0.0171. The zero-order chi connectivity index (χ0) is 23.3. The Morgan fingerprint density at radius 2 is 1.88 bits per heavy atom. The monoisotopic (exact) mass is 437 g/mol. The van der Waals surface area contributed by atoms with Gasteiger partial charge in [-0.05, 0) is 77.1 Å². The molecule has 2 amide bonds. The predicted octanol–water partition coefficient (Wildman–Crippen LogP) is 5.99. The van der Waals surface area contributed by atoms with Gasteiger partial charge in [-0.15, -0.1) is 0 Å². The molecule has 1 aliphatic heterocycles. The van der Waals surface area contributed by atoms with Gasteiger partial charge < -0.3 is 9.64 Å². The van der Waals surface area contributed by atoms with Crippen LogP contribution in [-0.2, 0) is 4.74 Å². The highest BCUT2D eigenvalue weighted by Crippen LogP contribution is 2.33. The Morgan fingerprint density at radius 3 is 2.47 bits per heavy atom. The Bertz CT molecular complexity index is 906. The van der Waals surface area contributed by atoms with Crippen LogP contribution in [0.3, 0.4) is 0 Å². The standard InChI is InChI=1S/C26H35N3O3/c1-6-19(2)29(25(31)32-26(3,4)5)23-16-15-21(18-27-23)22-14-10-11-17-28(22)24(30)20-12-8-7-9-13-20/h7-9,12-13,15-16,18-19,22H,6,10-11,14,17H2,1-5H3/t19-,22+/m0/s1. The highest BCUT2D eigenvalue weighted by Gasteiger charge is 2.31. The molecular formula is C26H35N3O3. The smallest absolute Gasteiger partial charge is 0.416 e. The number of nitrogens with zero attached hydrogens (tertiary/aromatic N) is 3. The van der Waals surface area contributed by atoms with Crippen LogP contribution in [0.2, 0.25) is 0 Å². The Balaban J connectivity index is 1.84. The average molecular weight is 438 g/mol. The van der Waals surface area contributed by atoms with Gasteiger partial charge in [0.05, 0.1) is 6.04 Å². The SMILES string of the molecule is CC[C@H](C)N(C(=O)OC(C)(C)C)c1ccc([C@H]2CCCCN2C(=O)c2ccccc2)cn1. The van der Waals surface area contributed by atoms with Crippen molar-refractivity contribution in [2.45, 2.75) is 78.0 Å². The van der Waals surface area contributed by atoms with E-state index in [-0.39, 0.29) is 18.0 Å². The van der Waals surface area contributed by atoms with Gasteiger partial charge in [0, 0.05) is 24.3 Å². The summed E-state index contributed by atoms with van der Waals surface area (Å²) in [5.41, 5.74) is 1.12. The van der Waals surface area contributed by atoms with Crippen molar-refractivity contribution >= 4 is 17.8 Å². The fourth-order valence-corrected chi connectivity index (χ4v) is 4.00. The average Bonchev–Trinajstić information content (AvgIpc) is 2.78. The summed E-state index contributed by atoms with van der Waals surface area (Å²) in [6.45, 7) is 10.3. The topological polar surface area (TPSA) is 62.7 Å². The second kappa shape index (κ2) is 10.2. The van der Waals surface area contributed by atoms with Crippen molar-refractivity contribution in [3.8, 4) is 0 Å². The lowest BCUT2D eigenvalue weighted by molar-refractivity contribution is 0.0565. The van der Waals surface area contributed by atoms with Crippen LogP contribution in [0.5, 0.6) is 0 Å². The van der Waals surface area contributed by atoms with Crippen LogP contribution in [0.15, 0.2) is 48.7 Å². The van der Waals surface area contributed by atoms with E-state index in [0.717, 1.165) is 37.8 Å². The predicted molar refractivity (Wildman–Crippen MR) is 127 cm³/mol. The summed E-state index contributed by atoms with van der Waals surface area (Å²) in [7, 11) is 0. The molecule has 2 aromatic rings. The third kappa shape index (κ3) is 5.67. The van der Waals surface area contributed by atoms with Gasteiger partial charge in [-0.2, -0.15) is 0 Å². The lowest BCUT2D eigenvalue weighted by Crippen LogP contribution is -2.42. The highest BCUT2D eigenvalue weighted by molar-refractivity contribution is 5.94. The van der Waals surface area contributed by atoms with Gasteiger partial charge in [0.2, 0.25) is 0 Å². The second-order valence-electron chi connectivity index (χ2n) is 9.43. The van der Waals surface area contributed by atoms with Crippen LogP contribution < -0.4 is 4.90 Å². The number of rotatable bonds is 5. The molecule has 0 aliphatic carbocycles. The van der Waals surface area contributed by atoms with E-state index in [4.69, 9.17) is 4.74 Å². The maximum absolute atomic E-state index is 13.1. The molecule has 1 aromatic carbocycles. The normalized spacial score (nSPS) is 17.5. The lowest BCUT2D eigenvalue weighted by Gasteiger charge is -2.36. The fraction of sp³-hybridized carbons (Fsp3) is 0.500. The molecule has 172 valence electrons. The summed E-state index contributed by atoms with van der Waals surface area (Å²) < 4.78 is 5.62. The molecule has 6 nitrogen and oxygen atoms in total. The second-order valence-corrected chi connectivity index (χ2v) is 9.43. The number of hydrogen-bond donors (Lipinski definition) is 0. The largest absolute Gasteiger partial charge is 0.443 e. The molecule has 0 spiro atoms. The molecule has 3 rings (SSSR count). The number of aromatic nitrogens is 1. The minimum atomic E-state index is -0.580. The number of ether oxygens (including phenoxy) is 1. The molecule has 1 aromatic heterocycles. The van der Waals surface area contributed by atoms with Gasteiger partial charge in [-0.3, -0.25) is 9.69 Å². The molecule has 1 aliphatic rings. The number of pyridine rings is 1. The third-order valence-corrected chi connectivity index (χ3v) is 5.81. The van der Waals surface area contributed by atoms with Gasteiger partial charge in [-0.1, -0.05) is 31.2 Å². The fourth-order valence-electron chi connectivity index (χ4n) is 4.00. The molecule has 0 N–H and O–H groups in total. The number of carbonyl (C=O) groups is 2. The number of amides is 2. The Hall–Kier alpha value is -2.89. The summed E-state index contributed by atoms with van der Waals surface area (Å²) in [4.78, 5) is 34.2. The van der Waals surface area contributed by atoms with E-state index in [0.29, 0.717) is 11.4 Å². The Labute approximate surface area is 191 Å².